The van der Waals surface area contributed by atoms with Gasteiger partial charge in [-0.05, 0) is 25.0 Å². The largest absolute Gasteiger partial charge is 0.480 e. The summed E-state index contributed by atoms with van der Waals surface area (Å²) in [6.45, 7) is -0.932. The van der Waals surface area contributed by atoms with E-state index in [1.165, 1.54) is 6.07 Å². The molecular weight excluding hydrogens is 398 g/mol. The third-order valence-electron chi connectivity index (χ3n) is 4.80. The van der Waals surface area contributed by atoms with Crippen LogP contribution in [0.1, 0.15) is 12.8 Å². The van der Waals surface area contributed by atoms with E-state index in [-0.39, 0.29) is 24.3 Å². The summed E-state index contributed by atoms with van der Waals surface area (Å²) in [7, 11) is -0.496. The third-order valence-corrected chi connectivity index (χ3v) is 6.33. The van der Waals surface area contributed by atoms with Crippen LogP contribution in [0, 0.1) is 0 Å². The van der Waals surface area contributed by atoms with Crippen LogP contribution in [0.3, 0.4) is 0 Å². The highest BCUT2D eigenvalue weighted by Gasteiger charge is 2.31. The van der Waals surface area contributed by atoms with Gasteiger partial charge in [-0.2, -0.15) is 4.72 Å². The number of carboxylic acid groups (broad SMARTS) is 1. The van der Waals surface area contributed by atoms with E-state index in [4.69, 9.17) is 5.73 Å². The van der Waals surface area contributed by atoms with E-state index < -0.39 is 34.2 Å². The molecule has 2 atom stereocenters. The predicted molar refractivity (Wildman–Crippen MR) is 110 cm³/mol. The van der Waals surface area contributed by atoms with Gasteiger partial charge < -0.3 is 26.0 Å². The molecule has 2 unspecified atom stereocenters. The first-order valence-electron chi connectivity index (χ1n) is 9.02. The van der Waals surface area contributed by atoms with Crippen molar-refractivity contribution in [2.45, 2.75) is 29.4 Å². The number of hydrogen-bond donors (Lipinski definition) is 5. The van der Waals surface area contributed by atoms with Crippen LogP contribution < -0.4 is 15.4 Å². The number of aliphatic hydroxyl groups excluding tert-OH is 1. The molecule has 0 aliphatic carbocycles. The Kier molecular flexibility index (Phi) is 7.20. The maximum absolute atomic E-state index is 13.0. The number of nitrogens with one attached hydrogen (secondary N) is 1. The highest BCUT2D eigenvalue weighted by Crippen LogP contribution is 2.30. The van der Waals surface area contributed by atoms with Gasteiger partial charge in [0.1, 0.15) is 6.04 Å². The minimum Gasteiger partial charge on any atom is -0.480 e. The lowest BCUT2D eigenvalue weighted by atomic mass is 9.96. The average molecular weight is 426 g/mol. The van der Waals surface area contributed by atoms with Gasteiger partial charge >= 0.3 is 5.97 Å². The number of carboxylic acids is 1. The number of benzene rings is 2. The summed E-state index contributed by atoms with van der Waals surface area (Å²) < 4.78 is 28.2. The van der Waals surface area contributed by atoms with Crippen molar-refractivity contribution in [3.05, 3.63) is 36.4 Å². The number of anilines is 1. The summed E-state index contributed by atoms with van der Waals surface area (Å²) in [4.78, 5) is 13.4. The molecule has 10 heteroatoms. The van der Waals surface area contributed by atoms with Crippen LogP contribution in [0.25, 0.3) is 10.8 Å². The lowest BCUT2D eigenvalue weighted by molar-refractivity contribution is -0.139. The second-order valence-electron chi connectivity index (χ2n) is 7.16. The minimum absolute atomic E-state index is 0.0406. The fourth-order valence-electron chi connectivity index (χ4n) is 3.03. The van der Waals surface area contributed by atoms with Crippen molar-refractivity contribution in [1.29, 1.82) is 0 Å². The number of sulfonamides is 1. The Morgan fingerprint density at radius 1 is 1.21 bits per heavy atom. The van der Waals surface area contributed by atoms with Crippen molar-refractivity contribution in [2.75, 3.05) is 32.1 Å². The Morgan fingerprint density at radius 3 is 2.38 bits per heavy atom. The first-order chi connectivity index (χ1) is 13.5. The van der Waals surface area contributed by atoms with Gasteiger partial charge in [-0.3, -0.25) is 4.79 Å². The fourth-order valence-corrected chi connectivity index (χ4v) is 4.48. The van der Waals surface area contributed by atoms with E-state index in [0.717, 1.165) is 5.69 Å². The van der Waals surface area contributed by atoms with Crippen molar-refractivity contribution in [1.82, 2.24) is 4.72 Å². The SMILES string of the molecule is CN(C)c1cccc2c(S(=O)(=O)NC(CCC(O)(CN)CO)C(=O)O)cccc12. The number of rotatable bonds is 10. The minimum atomic E-state index is -4.18. The summed E-state index contributed by atoms with van der Waals surface area (Å²) in [6, 6.07) is 8.55. The quantitative estimate of drug-likeness (QED) is 0.359. The summed E-state index contributed by atoms with van der Waals surface area (Å²) >= 11 is 0. The van der Waals surface area contributed by atoms with Crippen molar-refractivity contribution in [3.63, 3.8) is 0 Å². The molecular formula is C19H27N3O6S. The molecule has 2 aromatic carbocycles. The van der Waals surface area contributed by atoms with Gasteiger partial charge in [0.15, 0.2) is 0 Å². The van der Waals surface area contributed by atoms with E-state index >= 15 is 0 Å². The fraction of sp³-hybridized carbons (Fsp3) is 0.421. The summed E-state index contributed by atoms with van der Waals surface area (Å²) in [5.41, 5.74) is 4.56. The molecule has 29 heavy (non-hydrogen) atoms. The van der Waals surface area contributed by atoms with Gasteiger partial charge in [0.2, 0.25) is 10.0 Å². The summed E-state index contributed by atoms with van der Waals surface area (Å²) in [5.74, 6) is -1.39. The van der Waals surface area contributed by atoms with E-state index in [9.17, 15) is 28.5 Å². The number of aliphatic carboxylic acids is 1. The molecule has 160 valence electrons. The number of hydrogen-bond acceptors (Lipinski definition) is 7. The van der Waals surface area contributed by atoms with Crippen LogP contribution in [0.2, 0.25) is 0 Å². The molecule has 0 aliphatic rings. The Labute approximate surface area is 169 Å². The Morgan fingerprint density at radius 2 is 1.83 bits per heavy atom. The van der Waals surface area contributed by atoms with Gasteiger partial charge in [-0.25, -0.2) is 8.42 Å². The zero-order chi connectivity index (χ0) is 21.8. The summed E-state index contributed by atoms with van der Waals surface area (Å²) in [5, 5.41) is 29.9. The first kappa shape index (κ1) is 23.0. The number of carbonyl (C=O) groups is 1. The van der Waals surface area contributed by atoms with Crippen molar-refractivity contribution in [3.8, 4) is 0 Å². The molecule has 0 bridgehead atoms. The molecule has 0 amide bonds. The Balaban J connectivity index is 2.39. The molecule has 0 heterocycles. The van der Waals surface area contributed by atoms with Crippen LogP contribution in [0.4, 0.5) is 5.69 Å². The molecule has 9 nitrogen and oxygen atoms in total. The third kappa shape index (κ3) is 5.22. The lowest BCUT2D eigenvalue weighted by Crippen LogP contribution is -2.46. The zero-order valence-electron chi connectivity index (χ0n) is 16.4. The van der Waals surface area contributed by atoms with Crippen LogP contribution in [0.15, 0.2) is 41.3 Å². The van der Waals surface area contributed by atoms with E-state index in [1.54, 1.807) is 24.3 Å². The molecule has 0 saturated heterocycles. The molecule has 0 aliphatic heterocycles. The maximum atomic E-state index is 13.0. The maximum Gasteiger partial charge on any atom is 0.321 e. The summed E-state index contributed by atoms with van der Waals surface area (Å²) in [6.07, 6.45) is -0.420. The van der Waals surface area contributed by atoms with E-state index in [2.05, 4.69) is 4.72 Å². The smallest absolute Gasteiger partial charge is 0.321 e. The van der Waals surface area contributed by atoms with Crippen LogP contribution in [-0.4, -0.2) is 68.6 Å². The number of fused-ring (bicyclic) bond motifs is 1. The highest BCUT2D eigenvalue weighted by molar-refractivity contribution is 7.89. The van der Waals surface area contributed by atoms with Crippen molar-refractivity contribution in [2.24, 2.45) is 5.73 Å². The zero-order valence-corrected chi connectivity index (χ0v) is 17.2. The van der Waals surface area contributed by atoms with Gasteiger partial charge in [0.05, 0.1) is 17.1 Å². The molecule has 0 aromatic heterocycles. The van der Waals surface area contributed by atoms with Gasteiger partial charge in [0.25, 0.3) is 0 Å². The molecule has 2 rings (SSSR count). The van der Waals surface area contributed by atoms with Crippen molar-refractivity contribution >= 4 is 32.5 Å². The number of nitrogens with zero attached hydrogens (tertiary/aromatic N) is 1. The second kappa shape index (κ2) is 9.06. The lowest BCUT2D eigenvalue weighted by Gasteiger charge is -2.25. The van der Waals surface area contributed by atoms with Gasteiger partial charge in [0, 0.05) is 37.1 Å². The normalized spacial score (nSPS) is 15.1. The molecule has 2 aromatic rings. The Hall–Kier alpha value is -2.24. The topological polar surface area (TPSA) is 153 Å². The number of nitrogens with two attached hydrogens (primary N) is 1. The van der Waals surface area contributed by atoms with Gasteiger partial charge in [-0.1, -0.05) is 24.3 Å². The molecule has 6 N–H and O–H groups in total. The predicted octanol–water partition coefficient (Wildman–Crippen LogP) is 0.0996. The second-order valence-corrected chi connectivity index (χ2v) is 8.84. The van der Waals surface area contributed by atoms with Crippen LogP contribution >= 0.6 is 0 Å². The van der Waals surface area contributed by atoms with Gasteiger partial charge in [-0.15, -0.1) is 0 Å². The number of aliphatic hydroxyl groups is 2. The first-order valence-corrected chi connectivity index (χ1v) is 10.5. The van der Waals surface area contributed by atoms with E-state index in [0.29, 0.717) is 10.8 Å². The van der Waals surface area contributed by atoms with Crippen LogP contribution in [-0.2, 0) is 14.8 Å². The molecule has 0 radical (unpaired) electrons. The van der Waals surface area contributed by atoms with Crippen LogP contribution in [0.5, 0.6) is 0 Å². The molecule has 0 fully saturated rings. The average Bonchev–Trinajstić information content (AvgIpc) is 2.69. The monoisotopic (exact) mass is 425 g/mol. The highest BCUT2D eigenvalue weighted by atomic mass is 32.2. The standard InChI is InChI=1S/C19H27N3O6S/c1-22(2)16-7-3-6-14-13(16)5-4-8-17(14)29(27,28)21-15(18(24)25)9-10-19(26,11-20)12-23/h3-8,15,21,23,26H,9-12,20H2,1-2H3,(H,24,25). The van der Waals surface area contributed by atoms with Crippen molar-refractivity contribution < 1.29 is 28.5 Å². The van der Waals surface area contributed by atoms with E-state index in [1.807, 2.05) is 25.1 Å². The molecule has 0 saturated carbocycles. The molecule has 0 spiro atoms. The Bertz CT molecular complexity index is 973.